The average molecular weight is 221 g/mol. The predicted octanol–water partition coefficient (Wildman–Crippen LogP) is 2.77. The number of thiol groups is 1. The van der Waals surface area contributed by atoms with Crippen LogP contribution in [0.25, 0.3) is 0 Å². The van der Waals surface area contributed by atoms with E-state index < -0.39 is 0 Å². The molecule has 0 bridgehead atoms. The lowest BCUT2D eigenvalue weighted by molar-refractivity contribution is 0.218. The fraction of sp³-hybridized carbons (Fsp3) is 1.00. The lowest BCUT2D eigenvalue weighted by Gasteiger charge is -2.27. The second-order valence-corrected chi connectivity index (χ2v) is 4.80. The third-order valence-electron chi connectivity index (χ3n) is 2.40. The van der Waals surface area contributed by atoms with Gasteiger partial charge in [0.1, 0.15) is 0 Å². The molecule has 0 saturated heterocycles. The van der Waals surface area contributed by atoms with Crippen LogP contribution in [0.1, 0.15) is 26.7 Å². The standard InChI is InChI=1S/C10H23NS2/c1-4-10(2)11(7-8-12)6-5-9-13-3/h10,12H,4-9H2,1-3H3/t10-/m0/s1. The van der Waals surface area contributed by atoms with Crippen LogP contribution in [-0.4, -0.2) is 41.8 Å². The van der Waals surface area contributed by atoms with Crippen LogP contribution in [0.3, 0.4) is 0 Å². The Morgan fingerprint density at radius 3 is 2.54 bits per heavy atom. The topological polar surface area (TPSA) is 3.24 Å². The summed E-state index contributed by atoms with van der Waals surface area (Å²) in [5, 5.41) is 0. The van der Waals surface area contributed by atoms with Crippen LogP contribution in [0, 0.1) is 0 Å². The molecule has 0 fully saturated rings. The van der Waals surface area contributed by atoms with E-state index in [2.05, 4.69) is 37.6 Å². The van der Waals surface area contributed by atoms with Crippen molar-refractivity contribution in [3.8, 4) is 0 Å². The minimum absolute atomic E-state index is 0.717. The van der Waals surface area contributed by atoms with Crippen molar-refractivity contribution in [2.24, 2.45) is 0 Å². The first kappa shape index (κ1) is 13.7. The molecule has 0 unspecified atom stereocenters. The molecule has 0 aliphatic rings. The molecule has 3 heteroatoms. The Balaban J connectivity index is 3.65. The van der Waals surface area contributed by atoms with E-state index in [9.17, 15) is 0 Å². The summed E-state index contributed by atoms with van der Waals surface area (Å²) in [5.41, 5.74) is 0. The molecule has 0 radical (unpaired) electrons. The van der Waals surface area contributed by atoms with Crippen LogP contribution in [0.2, 0.25) is 0 Å². The summed E-state index contributed by atoms with van der Waals surface area (Å²) < 4.78 is 0. The van der Waals surface area contributed by atoms with Gasteiger partial charge in [-0.1, -0.05) is 6.92 Å². The Morgan fingerprint density at radius 2 is 2.08 bits per heavy atom. The molecule has 0 aliphatic carbocycles. The zero-order valence-electron chi connectivity index (χ0n) is 9.12. The molecule has 0 spiro atoms. The lowest BCUT2D eigenvalue weighted by atomic mass is 10.2. The highest BCUT2D eigenvalue weighted by Crippen LogP contribution is 2.06. The van der Waals surface area contributed by atoms with Crippen LogP contribution in [0.4, 0.5) is 0 Å². The third kappa shape index (κ3) is 6.69. The van der Waals surface area contributed by atoms with Gasteiger partial charge in [0.25, 0.3) is 0 Å². The summed E-state index contributed by atoms with van der Waals surface area (Å²) in [5.74, 6) is 2.25. The van der Waals surface area contributed by atoms with E-state index in [-0.39, 0.29) is 0 Å². The van der Waals surface area contributed by atoms with Crippen molar-refractivity contribution in [3.05, 3.63) is 0 Å². The summed E-state index contributed by atoms with van der Waals surface area (Å²) in [6.45, 7) is 6.93. The highest BCUT2D eigenvalue weighted by molar-refractivity contribution is 7.98. The Kier molecular flexibility index (Phi) is 9.69. The molecule has 80 valence electrons. The highest BCUT2D eigenvalue weighted by Gasteiger charge is 2.09. The first-order valence-corrected chi connectivity index (χ1v) is 7.12. The van der Waals surface area contributed by atoms with E-state index in [4.69, 9.17) is 0 Å². The van der Waals surface area contributed by atoms with Gasteiger partial charge < -0.3 is 0 Å². The molecule has 0 saturated carbocycles. The number of nitrogens with zero attached hydrogens (tertiary/aromatic N) is 1. The van der Waals surface area contributed by atoms with Gasteiger partial charge in [0, 0.05) is 18.3 Å². The zero-order valence-corrected chi connectivity index (χ0v) is 10.8. The van der Waals surface area contributed by atoms with Crippen molar-refractivity contribution < 1.29 is 0 Å². The fourth-order valence-electron chi connectivity index (χ4n) is 1.35. The minimum Gasteiger partial charge on any atom is -0.300 e. The largest absolute Gasteiger partial charge is 0.300 e. The molecule has 1 atom stereocenters. The van der Waals surface area contributed by atoms with Gasteiger partial charge in [0.15, 0.2) is 0 Å². The lowest BCUT2D eigenvalue weighted by Crippen LogP contribution is -2.35. The van der Waals surface area contributed by atoms with Crippen LogP contribution < -0.4 is 0 Å². The predicted molar refractivity (Wildman–Crippen MR) is 68.2 cm³/mol. The Morgan fingerprint density at radius 1 is 1.38 bits per heavy atom. The van der Waals surface area contributed by atoms with Crippen molar-refractivity contribution in [1.82, 2.24) is 4.90 Å². The van der Waals surface area contributed by atoms with Gasteiger partial charge in [-0.05, 0) is 38.3 Å². The van der Waals surface area contributed by atoms with E-state index in [1.807, 2.05) is 11.8 Å². The van der Waals surface area contributed by atoms with Gasteiger partial charge in [0.2, 0.25) is 0 Å². The Bertz CT molecular complexity index is 109. The molecule has 0 aromatic carbocycles. The number of hydrogen-bond donors (Lipinski definition) is 1. The van der Waals surface area contributed by atoms with Crippen LogP contribution >= 0.6 is 24.4 Å². The van der Waals surface area contributed by atoms with Gasteiger partial charge in [0.05, 0.1) is 0 Å². The summed E-state index contributed by atoms with van der Waals surface area (Å²) in [7, 11) is 0. The quantitative estimate of drug-likeness (QED) is 0.496. The van der Waals surface area contributed by atoms with E-state index in [1.165, 1.54) is 25.1 Å². The second-order valence-electron chi connectivity index (χ2n) is 3.36. The van der Waals surface area contributed by atoms with Crippen molar-refractivity contribution in [2.45, 2.75) is 32.7 Å². The molecule has 0 aromatic rings. The summed E-state index contributed by atoms with van der Waals surface area (Å²) in [6, 6.07) is 0.717. The number of thioether (sulfide) groups is 1. The maximum atomic E-state index is 4.29. The summed E-state index contributed by atoms with van der Waals surface area (Å²) in [6.07, 6.45) is 4.72. The smallest absolute Gasteiger partial charge is 0.00727 e. The Hall–Kier alpha value is 0.660. The fourth-order valence-corrected chi connectivity index (χ4v) is 2.03. The van der Waals surface area contributed by atoms with E-state index >= 15 is 0 Å². The normalized spacial score (nSPS) is 13.6. The van der Waals surface area contributed by atoms with Crippen molar-refractivity contribution in [3.63, 3.8) is 0 Å². The first-order valence-electron chi connectivity index (χ1n) is 5.10. The van der Waals surface area contributed by atoms with Crippen LogP contribution in [0.15, 0.2) is 0 Å². The summed E-state index contributed by atoms with van der Waals surface area (Å²) >= 11 is 6.23. The van der Waals surface area contributed by atoms with Gasteiger partial charge in [-0.15, -0.1) is 0 Å². The van der Waals surface area contributed by atoms with Gasteiger partial charge in [-0.25, -0.2) is 0 Å². The van der Waals surface area contributed by atoms with Gasteiger partial charge in [-0.3, -0.25) is 4.90 Å². The van der Waals surface area contributed by atoms with Gasteiger partial charge in [-0.2, -0.15) is 24.4 Å². The van der Waals surface area contributed by atoms with E-state index in [0.29, 0.717) is 6.04 Å². The maximum absolute atomic E-state index is 4.29. The molecular weight excluding hydrogens is 198 g/mol. The molecule has 0 aromatic heterocycles. The monoisotopic (exact) mass is 221 g/mol. The second kappa shape index (κ2) is 9.22. The average Bonchev–Trinajstić information content (AvgIpc) is 2.16. The molecule has 0 aliphatic heterocycles. The first-order chi connectivity index (χ1) is 6.26. The van der Waals surface area contributed by atoms with Crippen molar-refractivity contribution in [2.75, 3.05) is 30.9 Å². The molecule has 13 heavy (non-hydrogen) atoms. The van der Waals surface area contributed by atoms with Crippen molar-refractivity contribution >= 4 is 24.4 Å². The number of hydrogen-bond acceptors (Lipinski definition) is 3. The van der Waals surface area contributed by atoms with Gasteiger partial charge >= 0.3 is 0 Å². The van der Waals surface area contributed by atoms with Crippen LogP contribution in [-0.2, 0) is 0 Å². The highest BCUT2D eigenvalue weighted by atomic mass is 32.2. The molecular formula is C10H23NS2. The molecule has 1 nitrogen and oxygen atoms in total. The third-order valence-corrected chi connectivity index (χ3v) is 3.29. The molecule has 0 rings (SSSR count). The van der Waals surface area contributed by atoms with E-state index in [0.717, 1.165) is 12.3 Å². The van der Waals surface area contributed by atoms with Crippen LogP contribution in [0.5, 0.6) is 0 Å². The van der Waals surface area contributed by atoms with Crippen molar-refractivity contribution in [1.29, 1.82) is 0 Å². The SMILES string of the molecule is CC[C@H](C)N(CCS)CCCSC. The number of rotatable bonds is 8. The zero-order chi connectivity index (χ0) is 10.1. The van der Waals surface area contributed by atoms with E-state index in [1.54, 1.807) is 0 Å². The molecule has 0 N–H and O–H groups in total. The molecule has 0 heterocycles. The maximum Gasteiger partial charge on any atom is 0.00727 e. The Labute approximate surface area is 93.1 Å². The molecule has 0 amide bonds. The summed E-state index contributed by atoms with van der Waals surface area (Å²) in [4.78, 5) is 2.54. The minimum atomic E-state index is 0.717.